The van der Waals surface area contributed by atoms with Crippen LogP contribution in [0.25, 0.3) is 0 Å². The first-order chi connectivity index (χ1) is 13.1. The van der Waals surface area contributed by atoms with Crippen molar-refractivity contribution in [1.29, 1.82) is 0 Å². The predicted octanol–water partition coefficient (Wildman–Crippen LogP) is 2.74. The van der Waals surface area contributed by atoms with Gasteiger partial charge in [-0.05, 0) is 38.3 Å². The normalized spacial score (nSPS) is 19.2. The molecule has 0 aliphatic carbocycles. The molecule has 1 N–H and O–H groups in total. The van der Waals surface area contributed by atoms with Gasteiger partial charge in [-0.15, -0.1) is 11.3 Å². The maximum absolute atomic E-state index is 12.4. The lowest BCUT2D eigenvalue weighted by molar-refractivity contribution is -0.0981. The molecule has 4 heterocycles. The molecule has 2 aliphatic rings. The van der Waals surface area contributed by atoms with Gasteiger partial charge in [-0.1, -0.05) is 0 Å². The zero-order valence-corrected chi connectivity index (χ0v) is 16.7. The molecule has 144 valence electrons. The van der Waals surface area contributed by atoms with Crippen LogP contribution in [0.1, 0.15) is 52.4 Å². The number of piperidine rings is 1. The number of thiophene rings is 1. The minimum absolute atomic E-state index is 0.0288. The average molecular weight is 387 g/mol. The fourth-order valence-corrected chi connectivity index (χ4v) is 5.15. The van der Waals surface area contributed by atoms with E-state index in [2.05, 4.69) is 26.3 Å². The number of hydrogen-bond acceptors (Lipinski definition) is 6. The third-order valence-corrected chi connectivity index (χ3v) is 6.53. The molecule has 2 aliphatic heterocycles. The maximum Gasteiger partial charge on any atom is 0.261 e. The third-order valence-electron chi connectivity index (χ3n) is 5.33. The highest BCUT2D eigenvalue weighted by Crippen LogP contribution is 2.44. The molecule has 1 spiro atoms. The monoisotopic (exact) mass is 386 g/mol. The highest BCUT2D eigenvalue weighted by Gasteiger charge is 2.42. The number of carbonyl (C=O) groups excluding carboxylic acids is 1. The Kier molecular flexibility index (Phi) is 5.25. The molecule has 4 rings (SSSR count). The van der Waals surface area contributed by atoms with E-state index < -0.39 is 0 Å². The van der Waals surface area contributed by atoms with Gasteiger partial charge in [0.2, 0.25) is 0 Å². The number of carbonyl (C=O) groups is 1. The summed E-state index contributed by atoms with van der Waals surface area (Å²) in [6, 6.07) is 2.23. The zero-order chi connectivity index (χ0) is 18.9. The van der Waals surface area contributed by atoms with E-state index in [0.717, 1.165) is 55.9 Å². The minimum Gasteiger partial charge on any atom is -0.370 e. The van der Waals surface area contributed by atoms with Crippen molar-refractivity contribution in [2.75, 3.05) is 19.7 Å². The quantitative estimate of drug-likeness (QED) is 0.875. The van der Waals surface area contributed by atoms with Gasteiger partial charge in [-0.3, -0.25) is 9.69 Å². The summed E-state index contributed by atoms with van der Waals surface area (Å²) in [7, 11) is 0. The van der Waals surface area contributed by atoms with Crippen LogP contribution < -0.4 is 5.32 Å². The van der Waals surface area contributed by atoms with Gasteiger partial charge < -0.3 is 10.1 Å². The van der Waals surface area contributed by atoms with Gasteiger partial charge in [0, 0.05) is 54.9 Å². The number of fused-ring (bicyclic) bond motifs is 2. The Hall–Kier alpha value is -1.83. The molecular weight excluding hydrogens is 360 g/mol. The van der Waals surface area contributed by atoms with E-state index >= 15 is 0 Å². The van der Waals surface area contributed by atoms with Gasteiger partial charge in [-0.2, -0.15) is 0 Å². The van der Waals surface area contributed by atoms with Gasteiger partial charge in [0.25, 0.3) is 5.91 Å². The first-order valence-electron chi connectivity index (χ1n) is 9.60. The van der Waals surface area contributed by atoms with E-state index in [0.29, 0.717) is 0 Å². The van der Waals surface area contributed by atoms with Gasteiger partial charge in [-0.25, -0.2) is 9.97 Å². The molecular formula is C20H26N4O2S. The van der Waals surface area contributed by atoms with Crippen LogP contribution >= 0.6 is 11.3 Å². The Morgan fingerprint density at radius 2 is 2.07 bits per heavy atom. The minimum atomic E-state index is -0.232. The predicted molar refractivity (Wildman–Crippen MR) is 105 cm³/mol. The molecule has 1 saturated heterocycles. The molecule has 2 aromatic rings. The van der Waals surface area contributed by atoms with Crippen LogP contribution in [-0.4, -0.2) is 46.5 Å². The van der Waals surface area contributed by atoms with Crippen molar-refractivity contribution in [3.05, 3.63) is 45.7 Å². The standard InChI is InChI=1S/C20H26N4O2S/c1-14(2)23-19(25)18-9-16-17(27-18)3-8-26-20(16)4-6-24(7-5-20)12-15-10-21-13-22-11-15/h9-11,13-14H,3-8,12H2,1-2H3,(H,23,25). The first-order valence-corrected chi connectivity index (χ1v) is 10.4. The lowest BCUT2D eigenvalue weighted by Gasteiger charge is -2.44. The molecule has 0 atom stereocenters. The Morgan fingerprint density at radius 1 is 1.33 bits per heavy atom. The van der Waals surface area contributed by atoms with E-state index in [1.165, 1.54) is 10.4 Å². The second kappa shape index (κ2) is 7.66. The van der Waals surface area contributed by atoms with E-state index in [-0.39, 0.29) is 17.6 Å². The number of amides is 1. The third kappa shape index (κ3) is 3.90. The average Bonchev–Trinajstić information content (AvgIpc) is 3.10. The summed E-state index contributed by atoms with van der Waals surface area (Å²) in [5.74, 6) is 0.0288. The van der Waals surface area contributed by atoms with Gasteiger partial charge in [0.15, 0.2) is 0 Å². The van der Waals surface area contributed by atoms with Gasteiger partial charge in [0.1, 0.15) is 6.33 Å². The van der Waals surface area contributed by atoms with E-state index in [4.69, 9.17) is 4.74 Å². The summed E-state index contributed by atoms with van der Waals surface area (Å²) >= 11 is 1.63. The summed E-state index contributed by atoms with van der Waals surface area (Å²) in [6.45, 7) is 7.53. The summed E-state index contributed by atoms with van der Waals surface area (Å²) in [4.78, 5) is 25.2. The summed E-state index contributed by atoms with van der Waals surface area (Å²) < 4.78 is 6.33. The van der Waals surface area contributed by atoms with Gasteiger partial charge in [0.05, 0.1) is 17.1 Å². The Balaban J connectivity index is 1.48. The van der Waals surface area contributed by atoms with Crippen molar-refractivity contribution in [3.63, 3.8) is 0 Å². The van der Waals surface area contributed by atoms with Crippen LogP contribution in [0.3, 0.4) is 0 Å². The maximum atomic E-state index is 12.4. The molecule has 27 heavy (non-hydrogen) atoms. The summed E-state index contributed by atoms with van der Waals surface area (Å²) in [6.07, 6.45) is 8.14. The Morgan fingerprint density at radius 3 is 2.78 bits per heavy atom. The SMILES string of the molecule is CC(C)NC(=O)c1cc2c(s1)CCOC21CCN(Cc2cncnc2)CC1. The summed E-state index contributed by atoms with van der Waals surface area (Å²) in [5.41, 5.74) is 2.15. The fourth-order valence-electron chi connectivity index (χ4n) is 4.02. The zero-order valence-electron chi connectivity index (χ0n) is 15.9. The number of hydrogen-bond donors (Lipinski definition) is 1. The fraction of sp³-hybridized carbons (Fsp3) is 0.550. The van der Waals surface area contributed by atoms with Crippen LogP contribution in [0, 0.1) is 0 Å². The van der Waals surface area contributed by atoms with E-state index in [1.807, 2.05) is 26.2 Å². The molecule has 0 aromatic carbocycles. The molecule has 0 radical (unpaired) electrons. The molecule has 1 amide bonds. The smallest absolute Gasteiger partial charge is 0.261 e. The second-order valence-electron chi connectivity index (χ2n) is 7.69. The van der Waals surface area contributed by atoms with E-state index in [9.17, 15) is 4.79 Å². The lowest BCUT2D eigenvalue weighted by atomic mass is 9.82. The molecule has 0 unspecified atom stereocenters. The largest absolute Gasteiger partial charge is 0.370 e. The van der Waals surface area contributed by atoms with Crippen molar-refractivity contribution in [2.45, 2.75) is 51.3 Å². The molecule has 7 heteroatoms. The number of ether oxygens (including phenoxy) is 1. The molecule has 6 nitrogen and oxygen atoms in total. The molecule has 1 fully saturated rings. The van der Waals surface area contributed by atoms with Crippen molar-refractivity contribution in [1.82, 2.24) is 20.2 Å². The van der Waals surface area contributed by atoms with Crippen molar-refractivity contribution in [3.8, 4) is 0 Å². The highest BCUT2D eigenvalue weighted by atomic mass is 32.1. The number of nitrogens with one attached hydrogen (secondary N) is 1. The number of likely N-dealkylation sites (tertiary alicyclic amines) is 1. The molecule has 0 bridgehead atoms. The second-order valence-corrected chi connectivity index (χ2v) is 8.83. The summed E-state index contributed by atoms with van der Waals surface area (Å²) in [5, 5.41) is 3.00. The molecule has 2 aromatic heterocycles. The van der Waals surface area contributed by atoms with E-state index in [1.54, 1.807) is 17.7 Å². The van der Waals surface area contributed by atoms with Crippen LogP contribution in [0.15, 0.2) is 24.8 Å². The van der Waals surface area contributed by atoms with Crippen molar-refractivity contribution < 1.29 is 9.53 Å². The van der Waals surface area contributed by atoms with Crippen LogP contribution in [0.4, 0.5) is 0 Å². The van der Waals surface area contributed by atoms with Crippen LogP contribution in [0.2, 0.25) is 0 Å². The Labute approximate surface area is 164 Å². The number of nitrogens with zero attached hydrogens (tertiary/aromatic N) is 3. The lowest BCUT2D eigenvalue weighted by Crippen LogP contribution is -2.45. The van der Waals surface area contributed by atoms with Crippen LogP contribution in [0.5, 0.6) is 0 Å². The topological polar surface area (TPSA) is 67.3 Å². The van der Waals surface area contributed by atoms with Crippen LogP contribution in [-0.2, 0) is 23.3 Å². The Bertz CT molecular complexity index is 798. The number of rotatable bonds is 4. The number of aromatic nitrogens is 2. The highest BCUT2D eigenvalue weighted by molar-refractivity contribution is 7.14. The first kappa shape index (κ1) is 18.5. The van der Waals surface area contributed by atoms with Crippen molar-refractivity contribution in [2.24, 2.45) is 0 Å². The van der Waals surface area contributed by atoms with Gasteiger partial charge >= 0.3 is 0 Å². The molecule has 0 saturated carbocycles. The van der Waals surface area contributed by atoms with Crippen molar-refractivity contribution >= 4 is 17.2 Å².